The molecule has 0 atom stereocenters. The van der Waals surface area contributed by atoms with E-state index in [0.717, 1.165) is 5.56 Å². The first-order valence-corrected chi connectivity index (χ1v) is 8.92. The predicted molar refractivity (Wildman–Crippen MR) is 106 cm³/mol. The number of benzene rings is 2. The summed E-state index contributed by atoms with van der Waals surface area (Å²) in [5, 5.41) is 11.7. The van der Waals surface area contributed by atoms with Crippen LogP contribution in [0.2, 0.25) is 0 Å². The van der Waals surface area contributed by atoms with Crippen molar-refractivity contribution in [2.75, 3.05) is 26.0 Å². The number of carboxylic acids is 1. The topological polar surface area (TPSA) is 95.9 Å². The molecule has 0 radical (unpaired) electrons. The number of aryl methyl sites for hydroxylation is 1. The molecule has 28 heavy (non-hydrogen) atoms. The molecule has 0 aliphatic carbocycles. The van der Waals surface area contributed by atoms with E-state index in [1.807, 2.05) is 6.92 Å². The van der Waals surface area contributed by atoms with Crippen LogP contribution in [0.1, 0.15) is 39.6 Å². The highest BCUT2D eigenvalue weighted by Crippen LogP contribution is 2.27. The Kier molecular flexibility index (Phi) is 7.14. The Balaban J connectivity index is 2.03. The van der Waals surface area contributed by atoms with Crippen LogP contribution < -0.4 is 10.1 Å². The lowest BCUT2D eigenvalue weighted by Crippen LogP contribution is -2.22. The van der Waals surface area contributed by atoms with Crippen molar-refractivity contribution in [1.82, 2.24) is 4.90 Å². The van der Waals surface area contributed by atoms with Crippen LogP contribution in [0.4, 0.5) is 5.69 Å². The number of carbonyl (C=O) groups excluding carboxylic acids is 2. The van der Waals surface area contributed by atoms with Crippen molar-refractivity contribution in [3.8, 4) is 5.75 Å². The van der Waals surface area contributed by atoms with Crippen LogP contribution in [0.3, 0.4) is 0 Å². The summed E-state index contributed by atoms with van der Waals surface area (Å²) in [4.78, 5) is 36.8. The van der Waals surface area contributed by atoms with Crippen LogP contribution in [0, 0.1) is 0 Å². The quantitative estimate of drug-likeness (QED) is 0.729. The number of aromatic carboxylic acids is 1. The van der Waals surface area contributed by atoms with Crippen molar-refractivity contribution >= 4 is 23.5 Å². The Labute approximate surface area is 163 Å². The first-order chi connectivity index (χ1) is 13.3. The van der Waals surface area contributed by atoms with Gasteiger partial charge in [0, 0.05) is 26.1 Å². The van der Waals surface area contributed by atoms with Gasteiger partial charge >= 0.3 is 5.97 Å². The molecule has 0 saturated heterocycles. The van der Waals surface area contributed by atoms with Gasteiger partial charge in [-0.25, -0.2) is 4.79 Å². The van der Waals surface area contributed by atoms with Gasteiger partial charge in [-0.2, -0.15) is 0 Å². The molecule has 2 aromatic rings. The van der Waals surface area contributed by atoms with Crippen LogP contribution in [-0.2, 0) is 11.2 Å². The summed E-state index contributed by atoms with van der Waals surface area (Å²) in [6, 6.07) is 11.3. The Morgan fingerprint density at radius 3 is 2.25 bits per heavy atom. The van der Waals surface area contributed by atoms with E-state index in [9.17, 15) is 14.4 Å². The van der Waals surface area contributed by atoms with Crippen LogP contribution >= 0.6 is 0 Å². The van der Waals surface area contributed by atoms with Crippen LogP contribution in [-0.4, -0.2) is 48.5 Å². The number of ether oxygens (including phenoxy) is 1. The second-order valence-electron chi connectivity index (χ2n) is 6.39. The number of nitrogens with zero attached hydrogens (tertiary/aromatic N) is 1. The van der Waals surface area contributed by atoms with Crippen molar-refractivity contribution in [1.29, 1.82) is 0 Å². The fraction of sp³-hybridized carbons (Fsp3) is 0.286. The average Bonchev–Trinajstić information content (AvgIpc) is 2.67. The number of carboxylic acid groups (broad SMARTS) is 1. The molecule has 0 aliphatic rings. The van der Waals surface area contributed by atoms with Crippen molar-refractivity contribution in [2.45, 2.75) is 19.8 Å². The molecular formula is C21H24N2O5. The number of amides is 2. The van der Waals surface area contributed by atoms with Gasteiger partial charge in [-0.15, -0.1) is 0 Å². The Morgan fingerprint density at radius 1 is 1.04 bits per heavy atom. The van der Waals surface area contributed by atoms with E-state index < -0.39 is 5.97 Å². The number of hydrogen-bond acceptors (Lipinski definition) is 4. The van der Waals surface area contributed by atoms with Crippen LogP contribution in [0.25, 0.3) is 0 Å². The largest absolute Gasteiger partial charge is 0.492 e. The van der Waals surface area contributed by atoms with E-state index in [0.29, 0.717) is 30.0 Å². The zero-order valence-corrected chi connectivity index (χ0v) is 16.2. The van der Waals surface area contributed by atoms with E-state index in [2.05, 4.69) is 5.32 Å². The van der Waals surface area contributed by atoms with Crippen LogP contribution in [0.15, 0.2) is 42.5 Å². The van der Waals surface area contributed by atoms with Gasteiger partial charge in [-0.1, -0.05) is 12.1 Å². The Bertz CT molecular complexity index is 860. The van der Waals surface area contributed by atoms with Gasteiger partial charge in [0.1, 0.15) is 5.75 Å². The summed E-state index contributed by atoms with van der Waals surface area (Å²) < 4.78 is 5.57. The molecule has 0 aliphatic heterocycles. The molecule has 0 spiro atoms. The first kappa shape index (κ1) is 21.0. The summed E-state index contributed by atoms with van der Waals surface area (Å²) in [5.41, 5.74) is 2.06. The van der Waals surface area contributed by atoms with E-state index in [1.54, 1.807) is 44.4 Å². The fourth-order valence-electron chi connectivity index (χ4n) is 2.58. The van der Waals surface area contributed by atoms with Gasteiger partial charge in [0.2, 0.25) is 5.91 Å². The van der Waals surface area contributed by atoms with Gasteiger partial charge in [-0.05, 0) is 49.2 Å². The molecule has 2 amide bonds. The molecule has 2 N–H and O–H groups in total. The molecule has 7 nitrogen and oxygen atoms in total. The maximum Gasteiger partial charge on any atom is 0.335 e. The van der Waals surface area contributed by atoms with Gasteiger partial charge in [0.25, 0.3) is 5.91 Å². The van der Waals surface area contributed by atoms with Crippen molar-refractivity contribution in [2.24, 2.45) is 0 Å². The third-order valence-corrected chi connectivity index (χ3v) is 4.05. The molecule has 2 aromatic carbocycles. The number of carbonyl (C=O) groups is 3. The lowest BCUT2D eigenvalue weighted by Gasteiger charge is -2.15. The highest BCUT2D eigenvalue weighted by Gasteiger charge is 2.14. The number of anilines is 1. The van der Waals surface area contributed by atoms with Crippen LogP contribution in [0.5, 0.6) is 5.75 Å². The minimum absolute atomic E-state index is 0.149. The molecule has 2 rings (SSSR count). The molecule has 0 aromatic heterocycles. The summed E-state index contributed by atoms with van der Waals surface area (Å²) in [6.07, 6.45) is 0.712. The van der Waals surface area contributed by atoms with E-state index >= 15 is 0 Å². The molecule has 0 fully saturated rings. The summed E-state index contributed by atoms with van der Waals surface area (Å²) >= 11 is 0. The predicted octanol–water partition coefficient (Wildman–Crippen LogP) is 3.06. The van der Waals surface area contributed by atoms with Gasteiger partial charge in [0.15, 0.2) is 0 Å². The van der Waals surface area contributed by atoms with E-state index in [4.69, 9.17) is 9.84 Å². The van der Waals surface area contributed by atoms with Crippen molar-refractivity contribution in [3.05, 3.63) is 59.2 Å². The summed E-state index contributed by atoms with van der Waals surface area (Å²) in [6.45, 7) is 2.23. The normalized spacial score (nSPS) is 10.2. The molecule has 0 bridgehead atoms. The second kappa shape index (κ2) is 9.55. The zero-order valence-electron chi connectivity index (χ0n) is 16.2. The van der Waals surface area contributed by atoms with Gasteiger partial charge in [-0.3, -0.25) is 9.59 Å². The Morgan fingerprint density at radius 2 is 1.68 bits per heavy atom. The summed E-state index contributed by atoms with van der Waals surface area (Å²) in [5.74, 6) is -0.892. The molecule has 0 heterocycles. The monoisotopic (exact) mass is 384 g/mol. The highest BCUT2D eigenvalue weighted by molar-refractivity contribution is 5.97. The first-order valence-electron chi connectivity index (χ1n) is 8.92. The minimum atomic E-state index is -0.982. The van der Waals surface area contributed by atoms with Crippen molar-refractivity contribution in [3.63, 3.8) is 0 Å². The second-order valence-corrected chi connectivity index (χ2v) is 6.39. The van der Waals surface area contributed by atoms with E-state index in [-0.39, 0.29) is 23.8 Å². The highest BCUT2D eigenvalue weighted by atomic mass is 16.5. The average molecular weight is 384 g/mol. The zero-order chi connectivity index (χ0) is 20.7. The number of hydrogen-bond donors (Lipinski definition) is 2. The fourth-order valence-corrected chi connectivity index (χ4v) is 2.58. The van der Waals surface area contributed by atoms with E-state index in [1.165, 1.54) is 17.0 Å². The molecule has 148 valence electrons. The third kappa shape index (κ3) is 5.57. The molecule has 0 saturated carbocycles. The molecule has 7 heteroatoms. The van der Waals surface area contributed by atoms with Gasteiger partial charge < -0.3 is 20.1 Å². The minimum Gasteiger partial charge on any atom is -0.492 e. The smallest absolute Gasteiger partial charge is 0.335 e. The van der Waals surface area contributed by atoms with Crippen molar-refractivity contribution < 1.29 is 24.2 Å². The maximum absolute atomic E-state index is 12.3. The lowest BCUT2D eigenvalue weighted by atomic mass is 10.1. The molecule has 0 unspecified atom stereocenters. The lowest BCUT2D eigenvalue weighted by molar-refractivity contribution is -0.116. The summed E-state index contributed by atoms with van der Waals surface area (Å²) in [7, 11) is 3.34. The number of nitrogens with one attached hydrogen (secondary N) is 1. The van der Waals surface area contributed by atoms with Gasteiger partial charge in [0.05, 0.1) is 17.9 Å². The number of rotatable bonds is 8. The standard InChI is InChI=1S/C21H24N2O5/c1-4-28-18-13-16(20(25)23(2)3)10-11-17(18)22-19(24)12-7-14-5-8-15(9-6-14)21(26)27/h5-6,8-11,13H,4,7,12H2,1-3H3,(H,22,24)(H,26,27). The maximum atomic E-state index is 12.3. The SMILES string of the molecule is CCOc1cc(C(=O)N(C)C)ccc1NC(=O)CCc1ccc(C(=O)O)cc1. The third-order valence-electron chi connectivity index (χ3n) is 4.05. The Hall–Kier alpha value is -3.35. The molecular weight excluding hydrogens is 360 g/mol.